The van der Waals surface area contributed by atoms with Crippen LogP contribution in [0.25, 0.3) is 0 Å². The second kappa shape index (κ2) is 7.06. The highest BCUT2D eigenvalue weighted by atomic mass is 15.2. The average Bonchev–Trinajstić information content (AvgIpc) is 2.25. The van der Waals surface area contributed by atoms with E-state index in [0.29, 0.717) is 5.95 Å². The summed E-state index contributed by atoms with van der Waals surface area (Å²) in [6.07, 6.45) is 1.07. The largest absolute Gasteiger partial charge is 0.369 e. The molecular weight excluding hydrogens is 214 g/mol. The fraction of sp³-hybridized carbons (Fsp3) is 0.667. The van der Waals surface area contributed by atoms with Crippen LogP contribution >= 0.6 is 0 Å². The second-order valence-corrected chi connectivity index (χ2v) is 4.38. The van der Waals surface area contributed by atoms with E-state index in [1.54, 1.807) is 0 Å². The first-order valence-corrected chi connectivity index (χ1v) is 6.10. The molecule has 96 valence electrons. The number of hydrogen-bond acceptors (Lipinski definition) is 5. The number of rotatable bonds is 7. The van der Waals surface area contributed by atoms with Gasteiger partial charge in [0, 0.05) is 31.4 Å². The van der Waals surface area contributed by atoms with Gasteiger partial charge in [-0.05, 0) is 27.4 Å². The molecule has 1 heterocycles. The number of likely N-dealkylation sites (N-methyl/N-ethyl adjacent to an activating group) is 1. The minimum atomic E-state index is 0.708. The average molecular weight is 237 g/mol. The molecule has 0 amide bonds. The molecule has 0 fully saturated rings. The third-order valence-electron chi connectivity index (χ3n) is 2.25. The summed E-state index contributed by atoms with van der Waals surface area (Å²) in [5, 5.41) is 6.50. The molecule has 0 atom stereocenters. The van der Waals surface area contributed by atoms with Crippen LogP contribution in [0.15, 0.2) is 6.07 Å². The van der Waals surface area contributed by atoms with Crippen LogP contribution in [-0.4, -0.2) is 48.6 Å². The minimum absolute atomic E-state index is 0.708. The molecule has 0 aliphatic rings. The Morgan fingerprint density at radius 1 is 1.18 bits per heavy atom. The topological polar surface area (TPSA) is 53.1 Å². The maximum atomic E-state index is 4.42. The molecule has 0 aliphatic carbocycles. The normalized spacial score (nSPS) is 10.6. The lowest BCUT2D eigenvalue weighted by Crippen LogP contribution is -2.21. The van der Waals surface area contributed by atoms with Crippen molar-refractivity contribution >= 4 is 11.8 Å². The summed E-state index contributed by atoms with van der Waals surface area (Å²) in [6, 6.07) is 1.97. The lowest BCUT2D eigenvalue weighted by atomic mass is 10.4. The summed E-state index contributed by atoms with van der Waals surface area (Å²) < 4.78 is 0. The van der Waals surface area contributed by atoms with Crippen LogP contribution in [0.2, 0.25) is 0 Å². The molecule has 0 saturated heterocycles. The van der Waals surface area contributed by atoms with Crippen molar-refractivity contribution in [2.75, 3.05) is 44.4 Å². The van der Waals surface area contributed by atoms with E-state index >= 15 is 0 Å². The first-order valence-electron chi connectivity index (χ1n) is 6.10. The Morgan fingerprint density at radius 3 is 2.59 bits per heavy atom. The van der Waals surface area contributed by atoms with Gasteiger partial charge < -0.3 is 15.5 Å². The predicted octanol–water partition coefficient (Wildman–Crippen LogP) is 1.58. The third-order valence-corrected chi connectivity index (χ3v) is 2.25. The van der Waals surface area contributed by atoms with Gasteiger partial charge in [-0.2, -0.15) is 4.98 Å². The van der Waals surface area contributed by atoms with Crippen LogP contribution in [0.1, 0.15) is 19.0 Å². The fourth-order valence-electron chi connectivity index (χ4n) is 1.38. The van der Waals surface area contributed by atoms with Gasteiger partial charge in [-0.3, -0.25) is 0 Å². The quantitative estimate of drug-likeness (QED) is 0.754. The Morgan fingerprint density at radius 2 is 1.94 bits per heavy atom. The molecule has 1 aromatic rings. The van der Waals surface area contributed by atoms with E-state index in [-0.39, 0.29) is 0 Å². The molecule has 0 radical (unpaired) electrons. The van der Waals surface area contributed by atoms with Crippen molar-refractivity contribution in [1.82, 2.24) is 14.9 Å². The summed E-state index contributed by atoms with van der Waals surface area (Å²) in [7, 11) is 4.11. The molecule has 2 N–H and O–H groups in total. The predicted molar refractivity (Wildman–Crippen MR) is 72.6 cm³/mol. The SMILES string of the molecule is CCCNc1nc(C)cc(NCCN(C)C)n1. The maximum absolute atomic E-state index is 4.42. The van der Waals surface area contributed by atoms with Crippen LogP contribution in [0.3, 0.4) is 0 Å². The monoisotopic (exact) mass is 237 g/mol. The molecule has 1 rings (SSSR count). The lowest BCUT2D eigenvalue weighted by Gasteiger charge is -2.12. The Balaban J connectivity index is 2.55. The zero-order chi connectivity index (χ0) is 12.7. The highest BCUT2D eigenvalue weighted by molar-refractivity contribution is 5.42. The molecule has 17 heavy (non-hydrogen) atoms. The smallest absolute Gasteiger partial charge is 0.224 e. The molecule has 0 aromatic carbocycles. The van der Waals surface area contributed by atoms with Gasteiger partial charge in [-0.15, -0.1) is 0 Å². The summed E-state index contributed by atoms with van der Waals surface area (Å²) in [6.45, 7) is 6.88. The Labute approximate surface area is 104 Å². The van der Waals surface area contributed by atoms with E-state index in [2.05, 4.69) is 46.5 Å². The van der Waals surface area contributed by atoms with E-state index in [1.807, 2.05) is 13.0 Å². The molecule has 5 heteroatoms. The van der Waals surface area contributed by atoms with Crippen molar-refractivity contribution in [3.63, 3.8) is 0 Å². The van der Waals surface area contributed by atoms with E-state index in [0.717, 1.165) is 37.6 Å². The summed E-state index contributed by atoms with van der Waals surface area (Å²) in [4.78, 5) is 10.9. The number of nitrogens with zero attached hydrogens (tertiary/aromatic N) is 3. The van der Waals surface area contributed by atoms with Crippen LogP contribution in [0, 0.1) is 6.92 Å². The van der Waals surface area contributed by atoms with Gasteiger partial charge in [0.05, 0.1) is 0 Å². The van der Waals surface area contributed by atoms with Crippen LogP contribution in [0.5, 0.6) is 0 Å². The standard InChI is InChI=1S/C12H23N5/c1-5-6-14-12-15-10(2)9-11(16-12)13-7-8-17(3)4/h9H,5-8H2,1-4H3,(H2,13,14,15,16). The highest BCUT2D eigenvalue weighted by Crippen LogP contribution is 2.09. The van der Waals surface area contributed by atoms with Gasteiger partial charge in [0.25, 0.3) is 0 Å². The van der Waals surface area contributed by atoms with Crippen molar-refractivity contribution < 1.29 is 0 Å². The molecule has 0 bridgehead atoms. The van der Waals surface area contributed by atoms with Crippen LogP contribution in [-0.2, 0) is 0 Å². The molecule has 5 nitrogen and oxygen atoms in total. The third kappa shape index (κ3) is 5.49. The molecular formula is C12H23N5. The minimum Gasteiger partial charge on any atom is -0.369 e. The zero-order valence-corrected chi connectivity index (χ0v) is 11.2. The number of nitrogens with one attached hydrogen (secondary N) is 2. The summed E-state index contributed by atoms with van der Waals surface area (Å²) in [5.74, 6) is 1.59. The first kappa shape index (κ1) is 13.7. The van der Waals surface area contributed by atoms with Crippen molar-refractivity contribution in [1.29, 1.82) is 0 Å². The molecule has 1 aromatic heterocycles. The van der Waals surface area contributed by atoms with Crippen molar-refractivity contribution in [3.05, 3.63) is 11.8 Å². The maximum Gasteiger partial charge on any atom is 0.224 e. The summed E-state index contributed by atoms with van der Waals surface area (Å²) >= 11 is 0. The van der Waals surface area contributed by atoms with Gasteiger partial charge >= 0.3 is 0 Å². The van der Waals surface area contributed by atoms with Gasteiger partial charge in [-0.1, -0.05) is 6.92 Å². The van der Waals surface area contributed by atoms with Gasteiger partial charge in [0.1, 0.15) is 5.82 Å². The number of hydrogen-bond donors (Lipinski definition) is 2. The van der Waals surface area contributed by atoms with Crippen LogP contribution in [0.4, 0.5) is 11.8 Å². The number of aromatic nitrogens is 2. The van der Waals surface area contributed by atoms with Crippen molar-refractivity contribution in [2.24, 2.45) is 0 Å². The second-order valence-electron chi connectivity index (χ2n) is 4.38. The van der Waals surface area contributed by atoms with Gasteiger partial charge in [0.15, 0.2) is 0 Å². The van der Waals surface area contributed by atoms with Crippen molar-refractivity contribution in [2.45, 2.75) is 20.3 Å². The Hall–Kier alpha value is -1.36. The van der Waals surface area contributed by atoms with Gasteiger partial charge in [-0.25, -0.2) is 4.98 Å². The zero-order valence-electron chi connectivity index (χ0n) is 11.2. The van der Waals surface area contributed by atoms with Crippen LogP contribution < -0.4 is 10.6 Å². The first-order chi connectivity index (χ1) is 8.11. The van der Waals surface area contributed by atoms with Crippen molar-refractivity contribution in [3.8, 4) is 0 Å². The Kier molecular flexibility index (Phi) is 5.69. The molecule has 0 saturated carbocycles. The van der Waals surface area contributed by atoms with E-state index < -0.39 is 0 Å². The number of anilines is 2. The lowest BCUT2D eigenvalue weighted by molar-refractivity contribution is 0.425. The molecule has 0 spiro atoms. The number of aryl methyl sites for hydroxylation is 1. The van der Waals surface area contributed by atoms with E-state index in [1.165, 1.54) is 0 Å². The van der Waals surface area contributed by atoms with E-state index in [4.69, 9.17) is 0 Å². The molecule has 0 unspecified atom stereocenters. The molecule has 0 aliphatic heterocycles. The fourth-order valence-corrected chi connectivity index (χ4v) is 1.38. The van der Waals surface area contributed by atoms with Gasteiger partial charge in [0.2, 0.25) is 5.95 Å². The Bertz CT molecular complexity index is 338. The van der Waals surface area contributed by atoms with E-state index in [9.17, 15) is 0 Å². The highest BCUT2D eigenvalue weighted by Gasteiger charge is 2.01. The summed E-state index contributed by atoms with van der Waals surface area (Å²) in [5.41, 5.74) is 0.978.